The number of hydrogen-bond donors (Lipinski definition) is 0. The van der Waals surface area contributed by atoms with Gasteiger partial charge in [-0.3, -0.25) is 0 Å². The van der Waals surface area contributed by atoms with E-state index in [0.717, 1.165) is 0 Å². The monoisotopic (exact) mass is 404 g/mol. The van der Waals surface area contributed by atoms with Crippen LogP contribution in [0.25, 0.3) is 28.1 Å². The summed E-state index contributed by atoms with van der Waals surface area (Å²) in [5.41, 5.74) is 10.5. The van der Waals surface area contributed by atoms with Crippen LogP contribution in [0.4, 0.5) is 0 Å². The fraction of sp³-hybridized carbons (Fsp3) is 0.233. The van der Waals surface area contributed by atoms with Gasteiger partial charge in [0.15, 0.2) is 5.69 Å². The van der Waals surface area contributed by atoms with E-state index in [1.165, 1.54) is 44.9 Å². The van der Waals surface area contributed by atoms with Gasteiger partial charge in [0, 0.05) is 29.3 Å². The maximum atomic E-state index is 2.48. The molecule has 2 heterocycles. The standard InChI is InChI=1S/C30H30N/c1-29(2,3)24-16-17-26-25(20-24)30(4,5)28-19-23(21-12-8-6-9-13-21)18-27(31(26)28)22-14-10-7-11-15-22/h6-20H,1-5H3/q+1. The second-order valence-corrected chi connectivity index (χ2v) is 10.2. The summed E-state index contributed by atoms with van der Waals surface area (Å²) < 4.78 is 2.48. The van der Waals surface area contributed by atoms with Gasteiger partial charge in [-0.1, -0.05) is 75.4 Å². The van der Waals surface area contributed by atoms with E-state index < -0.39 is 0 Å². The van der Waals surface area contributed by atoms with E-state index in [9.17, 15) is 0 Å². The van der Waals surface area contributed by atoms with Crippen LogP contribution in [0.2, 0.25) is 0 Å². The van der Waals surface area contributed by atoms with Crippen molar-refractivity contribution in [1.82, 2.24) is 0 Å². The predicted molar refractivity (Wildman–Crippen MR) is 130 cm³/mol. The summed E-state index contributed by atoms with van der Waals surface area (Å²) in [4.78, 5) is 0. The van der Waals surface area contributed by atoms with E-state index >= 15 is 0 Å². The Bertz CT molecular complexity index is 1260. The summed E-state index contributed by atoms with van der Waals surface area (Å²) in [6.07, 6.45) is 0. The van der Waals surface area contributed by atoms with Crippen molar-refractivity contribution in [3.63, 3.8) is 0 Å². The van der Waals surface area contributed by atoms with E-state index in [4.69, 9.17) is 0 Å². The second kappa shape index (κ2) is 6.92. The average Bonchev–Trinajstić information content (AvgIpc) is 3.00. The maximum absolute atomic E-state index is 2.48. The van der Waals surface area contributed by atoms with Crippen LogP contribution in [0.15, 0.2) is 91.0 Å². The van der Waals surface area contributed by atoms with Crippen molar-refractivity contribution in [2.24, 2.45) is 0 Å². The van der Waals surface area contributed by atoms with Gasteiger partial charge in [-0.25, -0.2) is 0 Å². The summed E-state index contributed by atoms with van der Waals surface area (Å²) in [7, 11) is 0. The van der Waals surface area contributed by atoms with Gasteiger partial charge in [0.2, 0.25) is 11.4 Å². The maximum Gasteiger partial charge on any atom is 0.219 e. The SMILES string of the molecule is CC(C)(C)c1ccc2c(c1)C(C)(C)c1cc(-c3ccccc3)cc(-c3ccccc3)[n+]1-2. The summed E-state index contributed by atoms with van der Waals surface area (Å²) in [5, 5.41) is 0. The second-order valence-electron chi connectivity index (χ2n) is 10.2. The van der Waals surface area contributed by atoms with Gasteiger partial charge in [-0.2, -0.15) is 4.57 Å². The molecule has 0 aliphatic carbocycles. The Labute approximate surface area is 186 Å². The third-order valence-electron chi connectivity index (χ3n) is 6.66. The van der Waals surface area contributed by atoms with Crippen LogP contribution in [-0.2, 0) is 10.8 Å². The Morgan fingerprint density at radius 3 is 1.87 bits per heavy atom. The topological polar surface area (TPSA) is 3.88 Å². The highest BCUT2D eigenvalue weighted by Crippen LogP contribution is 2.43. The minimum Gasteiger partial charge on any atom is -0.156 e. The summed E-state index contributed by atoms with van der Waals surface area (Å²) in [6.45, 7) is 11.6. The van der Waals surface area contributed by atoms with Crippen LogP contribution < -0.4 is 4.57 Å². The highest BCUT2D eigenvalue weighted by Gasteiger charge is 2.46. The zero-order valence-electron chi connectivity index (χ0n) is 19.1. The number of benzene rings is 3. The van der Waals surface area contributed by atoms with E-state index in [-0.39, 0.29) is 10.8 Å². The number of rotatable bonds is 2. The first-order valence-electron chi connectivity index (χ1n) is 11.1. The highest BCUT2D eigenvalue weighted by molar-refractivity contribution is 5.71. The van der Waals surface area contributed by atoms with Gasteiger partial charge in [-0.05, 0) is 54.2 Å². The van der Waals surface area contributed by atoms with Crippen molar-refractivity contribution in [2.45, 2.75) is 45.4 Å². The lowest BCUT2D eigenvalue weighted by molar-refractivity contribution is -0.588. The molecule has 0 unspecified atom stereocenters. The molecular formula is C30H30N+. The van der Waals surface area contributed by atoms with Gasteiger partial charge >= 0.3 is 0 Å². The fourth-order valence-corrected chi connectivity index (χ4v) is 4.77. The molecule has 1 aliphatic rings. The summed E-state index contributed by atoms with van der Waals surface area (Å²) in [5.74, 6) is 0. The average molecular weight is 405 g/mol. The van der Waals surface area contributed by atoms with E-state index in [1.54, 1.807) is 0 Å². The lowest BCUT2D eigenvalue weighted by Crippen LogP contribution is -2.37. The molecule has 31 heavy (non-hydrogen) atoms. The Morgan fingerprint density at radius 2 is 1.26 bits per heavy atom. The van der Waals surface area contributed by atoms with Crippen LogP contribution in [-0.4, -0.2) is 0 Å². The first-order valence-corrected chi connectivity index (χ1v) is 11.1. The molecule has 4 aromatic rings. The largest absolute Gasteiger partial charge is 0.219 e. The van der Waals surface area contributed by atoms with E-state index in [0.29, 0.717) is 0 Å². The minimum absolute atomic E-state index is 0.0785. The van der Waals surface area contributed by atoms with Gasteiger partial charge in [-0.15, -0.1) is 0 Å². The number of pyridine rings is 1. The number of hydrogen-bond acceptors (Lipinski definition) is 0. The molecule has 0 radical (unpaired) electrons. The number of fused-ring (bicyclic) bond motifs is 3. The number of aromatic nitrogens is 1. The molecule has 0 spiro atoms. The summed E-state index contributed by atoms with van der Waals surface area (Å²) >= 11 is 0. The number of nitrogens with zero attached hydrogens (tertiary/aromatic N) is 1. The molecule has 1 aliphatic heterocycles. The van der Waals surface area contributed by atoms with Crippen molar-refractivity contribution in [3.8, 4) is 28.1 Å². The molecule has 5 rings (SSSR count). The smallest absolute Gasteiger partial charge is 0.156 e. The molecule has 0 N–H and O–H groups in total. The Balaban J connectivity index is 1.83. The van der Waals surface area contributed by atoms with Crippen molar-refractivity contribution in [1.29, 1.82) is 0 Å². The first kappa shape index (κ1) is 19.8. The quantitative estimate of drug-likeness (QED) is 0.310. The van der Waals surface area contributed by atoms with Crippen molar-refractivity contribution in [3.05, 3.63) is 108 Å². The van der Waals surface area contributed by atoms with Crippen LogP contribution in [0.5, 0.6) is 0 Å². The third-order valence-corrected chi connectivity index (χ3v) is 6.66. The Morgan fingerprint density at radius 1 is 0.645 bits per heavy atom. The van der Waals surface area contributed by atoms with E-state index in [2.05, 4.69) is 130 Å². The van der Waals surface area contributed by atoms with Gasteiger partial charge < -0.3 is 0 Å². The molecule has 3 aromatic carbocycles. The van der Waals surface area contributed by atoms with E-state index in [1.807, 2.05) is 0 Å². The third kappa shape index (κ3) is 3.20. The van der Waals surface area contributed by atoms with Crippen molar-refractivity contribution in [2.75, 3.05) is 0 Å². The molecule has 0 saturated heterocycles. The molecule has 1 heteroatoms. The van der Waals surface area contributed by atoms with Gasteiger partial charge in [0.1, 0.15) is 0 Å². The lowest BCUT2D eigenvalue weighted by atomic mass is 9.79. The van der Waals surface area contributed by atoms with Crippen LogP contribution in [0.1, 0.15) is 51.4 Å². The van der Waals surface area contributed by atoms with Crippen LogP contribution in [0.3, 0.4) is 0 Å². The Kier molecular flexibility index (Phi) is 4.41. The molecule has 0 amide bonds. The van der Waals surface area contributed by atoms with Gasteiger partial charge in [0.05, 0.1) is 5.41 Å². The molecule has 1 nitrogen and oxygen atoms in total. The normalized spacial score (nSPS) is 14.2. The van der Waals surface area contributed by atoms with Crippen LogP contribution in [0, 0.1) is 0 Å². The Hall–Kier alpha value is -3.19. The lowest BCUT2D eigenvalue weighted by Gasteiger charge is -2.21. The highest BCUT2D eigenvalue weighted by atomic mass is 15.0. The molecule has 0 saturated carbocycles. The fourth-order valence-electron chi connectivity index (χ4n) is 4.77. The van der Waals surface area contributed by atoms with Crippen molar-refractivity contribution >= 4 is 0 Å². The molecule has 0 bridgehead atoms. The molecule has 0 fully saturated rings. The molecule has 1 aromatic heterocycles. The summed E-state index contributed by atoms with van der Waals surface area (Å²) in [6, 6.07) is 33.3. The van der Waals surface area contributed by atoms with Crippen LogP contribution >= 0.6 is 0 Å². The first-order chi connectivity index (χ1) is 14.8. The van der Waals surface area contributed by atoms with Crippen molar-refractivity contribution < 1.29 is 4.57 Å². The predicted octanol–water partition coefficient (Wildman–Crippen LogP) is 7.23. The van der Waals surface area contributed by atoms with Gasteiger partial charge in [0.25, 0.3) is 0 Å². The molecule has 154 valence electrons. The molecular weight excluding hydrogens is 374 g/mol. The zero-order chi connectivity index (χ0) is 21.8. The zero-order valence-corrected chi connectivity index (χ0v) is 19.1. The minimum atomic E-state index is -0.0785. The molecule has 0 atom stereocenters.